The Morgan fingerprint density at radius 2 is 2.64 bits per heavy atom. The molecule has 1 saturated heterocycles. The van der Waals surface area contributed by atoms with Crippen LogP contribution in [0.25, 0.3) is 0 Å². The molecule has 1 aromatic heterocycles. The average molecular weight is 195 g/mol. The zero-order chi connectivity index (χ0) is 9.80. The van der Waals surface area contributed by atoms with E-state index >= 15 is 0 Å². The molecule has 14 heavy (non-hydrogen) atoms. The summed E-state index contributed by atoms with van der Waals surface area (Å²) in [5, 5.41) is 7.61. The highest BCUT2D eigenvalue weighted by Crippen LogP contribution is 2.03. The van der Waals surface area contributed by atoms with Gasteiger partial charge in [0.2, 0.25) is 0 Å². The monoisotopic (exact) mass is 195 g/mol. The van der Waals surface area contributed by atoms with Crippen LogP contribution in [0.5, 0.6) is 0 Å². The molecule has 0 radical (unpaired) electrons. The fourth-order valence-electron chi connectivity index (χ4n) is 1.75. The molecule has 4 nitrogen and oxygen atoms in total. The van der Waals surface area contributed by atoms with Crippen molar-refractivity contribution in [2.75, 3.05) is 19.8 Å². The van der Waals surface area contributed by atoms with Gasteiger partial charge in [-0.25, -0.2) is 0 Å². The normalized spacial score (nSPS) is 21.6. The van der Waals surface area contributed by atoms with Gasteiger partial charge in [0.25, 0.3) is 0 Å². The maximum Gasteiger partial charge on any atom is 0.0620 e. The number of rotatable bonds is 4. The zero-order valence-corrected chi connectivity index (χ0v) is 8.57. The quantitative estimate of drug-likeness (QED) is 0.753. The molecule has 1 fully saturated rings. The van der Waals surface area contributed by atoms with E-state index in [1.165, 1.54) is 5.69 Å². The number of ether oxygens (including phenoxy) is 1. The Morgan fingerprint density at radius 3 is 3.29 bits per heavy atom. The van der Waals surface area contributed by atoms with E-state index in [4.69, 9.17) is 4.74 Å². The van der Waals surface area contributed by atoms with Crippen LogP contribution in [0.15, 0.2) is 12.3 Å². The fourth-order valence-corrected chi connectivity index (χ4v) is 1.75. The summed E-state index contributed by atoms with van der Waals surface area (Å²) in [5.74, 6) is 0. The minimum Gasteiger partial charge on any atom is -0.380 e. The number of hydrogen-bond acceptors (Lipinski definition) is 3. The number of nitrogens with zero attached hydrogens (tertiary/aromatic N) is 2. The van der Waals surface area contributed by atoms with Crippen molar-refractivity contribution in [1.82, 2.24) is 15.1 Å². The standard InChI is InChI=1S/C10H17N3O/c1-13-10(3-6-12-13)2-5-11-9-4-7-14-8-9/h3,6,9,11H,2,4-5,7-8H2,1H3. The van der Waals surface area contributed by atoms with Gasteiger partial charge in [-0.2, -0.15) is 5.10 Å². The van der Waals surface area contributed by atoms with Crippen LogP contribution >= 0.6 is 0 Å². The Morgan fingerprint density at radius 1 is 1.71 bits per heavy atom. The van der Waals surface area contributed by atoms with E-state index in [-0.39, 0.29) is 0 Å². The second kappa shape index (κ2) is 4.57. The maximum absolute atomic E-state index is 5.29. The van der Waals surface area contributed by atoms with E-state index in [0.29, 0.717) is 6.04 Å². The second-order valence-electron chi connectivity index (χ2n) is 3.71. The molecule has 0 saturated carbocycles. The van der Waals surface area contributed by atoms with Crippen LogP contribution < -0.4 is 5.32 Å². The molecule has 1 N–H and O–H groups in total. The smallest absolute Gasteiger partial charge is 0.0620 e. The molecule has 78 valence electrons. The molecule has 0 bridgehead atoms. The Hall–Kier alpha value is -0.870. The molecule has 0 spiro atoms. The van der Waals surface area contributed by atoms with Crippen LogP contribution in [-0.4, -0.2) is 35.6 Å². The third-order valence-corrected chi connectivity index (χ3v) is 2.67. The van der Waals surface area contributed by atoms with Gasteiger partial charge in [0, 0.05) is 44.6 Å². The molecule has 1 atom stereocenters. The molecule has 2 heterocycles. The van der Waals surface area contributed by atoms with Crippen molar-refractivity contribution >= 4 is 0 Å². The minimum atomic E-state index is 0.559. The first-order chi connectivity index (χ1) is 6.86. The first-order valence-corrected chi connectivity index (χ1v) is 5.14. The van der Waals surface area contributed by atoms with E-state index in [2.05, 4.69) is 16.5 Å². The van der Waals surface area contributed by atoms with Crippen molar-refractivity contribution in [3.05, 3.63) is 18.0 Å². The van der Waals surface area contributed by atoms with Crippen molar-refractivity contribution in [1.29, 1.82) is 0 Å². The highest BCUT2D eigenvalue weighted by Gasteiger charge is 2.14. The molecule has 2 rings (SSSR count). The first-order valence-electron chi connectivity index (χ1n) is 5.14. The molecule has 1 aliphatic rings. The van der Waals surface area contributed by atoms with Gasteiger partial charge in [-0.3, -0.25) is 4.68 Å². The summed E-state index contributed by atoms with van der Waals surface area (Å²) in [4.78, 5) is 0. The van der Waals surface area contributed by atoms with Gasteiger partial charge in [-0.1, -0.05) is 0 Å². The summed E-state index contributed by atoms with van der Waals surface area (Å²) in [5.41, 5.74) is 1.27. The average Bonchev–Trinajstić information content (AvgIpc) is 2.78. The third kappa shape index (κ3) is 2.33. The number of aromatic nitrogens is 2. The topological polar surface area (TPSA) is 39.1 Å². The first kappa shape index (κ1) is 9.68. The second-order valence-corrected chi connectivity index (χ2v) is 3.71. The molecular formula is C10H17N3O. The van der Waals surface area contributed by atoms with Crippen molar-refractivity contribution in [3.63, 3.8) is 0 Å². The van der Waals surface area contributed by atoms with Crippen LogP contribution in [0.1, 0.15) is 12.1 Å². The number of hydrogen-bond donors (Lipinski definition) is 1. The molecule has 0 amide bonds. The third-order valence-electron chi connectivity index (χ3n) is 2.67. The lowest BCUT2D eigenvalue weighted by Gasteiger charge is -2.09. The van der Waals surface area contributed by atoms with Gasteiger partial charge in [0.15, 0.2) is 0 Å². The molecule has 1 aliphatic heterocycles. The summed E-state index contributed by atoms with van der Waals surface area (Å²) in [6.07, 6.45) is 4.02. The van der Waals surface area contributed by atoms with Crippen molar-refractivity contribution < 1.29 is 4.74 Å². The van der Waals surface area contributed by atoms with Gasteiger partial charge in [0.1, 0.15) is 0 Å². The summed E-state index contributed by atoms with van der Waals surface area (Å²) in [6.45, 7) is 2.78. The van der Waals surface area contributed by atoms with E-state index in [0.717, 1.165) is 32.6 Å². The van der Waals surface area contributed by atoms with Crippen molar-refractivity contribution in [2.24, 2.45) is 7.05 Å². The fraction of sp³-hybridized carbons (Fsp3) is 0.700. The van der Waals surface area contributed by atoms with Crippen molar-refractivity contribution in [3.8, 4) is 0 Å². The van der Waals surface area contributed by atoms with Crippen LogP contribution in [0, 0.1) is 0 Å². The predicted molar refractivity (Wildman–Crippen MR) is 54.1 cm³/mol. The highest BCUT2D eigenvalue weighted by molar-refractivity contribution is 5.00. The molecule has 4 heteroatoms. The van der Waals surface area contributed by atoms with Gasteiger partial charge < -0.3 is 10.1 Å². The van der Waals surface area contributed by atoms with E-state index in [1.807, 2.05) is 17.9 Å². The lowest BCUT2D eigenvalue weighted by molar-refractivity contribution is 0.190. The van der Waals surface area contributed by atoms with Gasteiger partial charge in [-0.05, 0) is 12.5 Å². The number of aryl methyl sites for hydroxylation is 1. The van der Waals surface area contributed by atoms with Crippen LogP contribution in [0.4, 0.5) is 0 Å². The van der Waals surface area contributed by atoms with Gasteiger partial charge in [-0.15, -0.1) is 0 Å². The molecule has 0 aromatic carbocycles. The predicted octanol–water partition coefficient (Wildman–Crippen LogP) is 0.341. The minimum absolute atomic E-state index is 0.559. The lowest BCUT2D eigenvalue weighted by atomic mass is 10.2. The zero-order valence-electron chi connectivity index (χ0n) is 8.57. The largest absolute Gasteiger partial charge is 0.380 e. The highest BCUT2D eigenvalue weighted by atomic mass is 16.5. The van der Waals surface area contributed by atoms with E-state index < -0.39 is 0 Å². The molecule has 1 unspecified atom stereocenters. The summed E-state index contributed by atoms with van der Waals surface area (Å²) < 4.78 is 7.21. The van der Waals surface area contributed by atoms with E-state index in [1.54, 1.807) is 0 Å². The molecule has 0 aliphatic carbocycles. The van der Waals surface area contributed by atoms with Crippen LogP contribution in [0.2, 0.25) is 0 Å². The van der Waals surface area contributed by atoms with Crippen LogP contribution in [0.3, 0.4) is 0 Å². The van der Waals surface area contributed by atoms with Gasteiger partial charge in [0.05, 0.1) is 6.61 Å². The maximum atomic E-state index is 5.29. The summed E-state index contributed by atoms with van der Waals surface area (Å²) >= 11 is 0. The molecule has 1 aromatic rings. The Balaban J connectivity index is 1.70. The van der Waals surface area contributed by atoms with Gasteiger partial charge >= 0.3 is 0 Å². The Labute approximate surface area is 84.3 Å². The molecular weight excluding hydrogens is 178 g/mol. The Kier molecular flexibility index (Phi) is 3.16. The number of nitrogens with one attached hydrogen (secondary N) is 1. The summed E-state index contributed by atoms with van der Waals surface area (Å²) in [6, 6.07) is 2.62. The SMILES string of the molecule is Cn1nccc1CCNC1CCOC1. The Bertz CT molecular complexity index is 279. The van der Waals surface area contributed by atoms with Crippen LogP contribution in [-0.2, 0) is 18.2 Å². The van der Waals surface area contributed by atoms with E-state index in [9.17, 15) is 0 Å². The lowest BCUT2D eigenvalue weighted by Crippen LogP contribution is -2.31. The van der Waals surface area contributed by atoms with Crippen molar-refractivity contribution in [2.45, 2.75) is 18.9 Å². The summed E-state index contributed by atoms with van der Waals surface area (Å²) in [7, 11) is 1.98.